The maximum atomic E-state index is 14.5. The monoisotopic (exact) mass is 743 g/mol. The lowest BCUT2D eigenvalue weighted by atomic mass is 10.0. The molecule has 0 saturated carbocycles. The summed E-state index contributed by atoms with van der Waals surface area (Å²) in [6, 6.07) is 26.4. The van der Waals surface area contributed by atoms with E-state index >= 15 is 0 Å². The Labute approximate surface area is 289 Å². The minimum Gasteiger partial charge on any atom is -0.352 e. The largest absolute Gasteiger partial charge is 0.352 e. The molecule has 2 amide bonds. The predicted octanol–water partition coefficient (Wildman–Crippen LogP) is 7.81. The van der Waals surface area contributed by atoms with Gasteiger partial charge in [-0.05, 0) is 79.9 Å². The number of sulfonamides is 1. The number of carbonyl (C=O) groups is 2. The van der Waals surface area contributed by atoms with Gasteiger partial charge < -0.3 is 10.2 Å². The first-order valence-electron chi connectivity index (χ1n) is 14.8. The molecule has 4 aromatic rings. The normalized spacial score (nSPS) is 12.7. The van der Waals surface area contributed by atoms with Gasteiger partial charge in [0.15, 0.2) is 0 Å². The summed E-state index contributed by atoms with van der Waals surface area (Å²) in [5.41, 5.74) is 2.67. The number of aryl methyl sites for hydroxylation is 1. The highest BCUT2D eigenvalue weighted by molar-refractivity contribution is 9.10. The van der Waals surface area contributed by atoms with Crippen LogP contribution in [0.15, 0.2) is 106 Å². The summed E-state index contributed by atoms with van der Waals surface area (Å²) < 4.78 is 30.1. The molecule has 0 heterocycles. The SMILES string of the molecule is CC[C@@H](C)NC(=O)[C@@H](Cc1ccccc1)N(Cc1ccc(Cl)c(Cl)c1)C(=O)CN(c1ccc(Br)cc1)S(=O)(=O)c1ccc(C)cc1. The molecule has 0 bridgehead atoms. The molecular formula is C35H36BrCl2N3O4S. The number of benzene rings is 4. The molecular weight excluding hydrogens is 709 g/mol. The standard InChI is InChI=1S/C35H36BrCl2N3O4S/c1-4-25(3)39-35(43)33(21-26-8-6-5-7-9-26)40(22-27-12-19-31(37)32(38)20-27)34(42)23-41(29-15-13-28(36)14-16-29)46(44,45)30-17-10-24(2)11-18-30/h5-20,25,33H,4,21-23H2,1-3H3,(H,39,43)/t25-,33-/m1/s1. The third kappa shape index (κ3) is 9.12. The highest BCUT2D eigenvalue weighted by atomic mass is 79.9. The van der Waals surface area contributed by atoms with Crippen molar-refractivity contribution in [2.24, 2.45) is 0 Å². The van der Waals surface area contributed by atoms with Gasteiger partial charge in [0.2, 0.25) is 11.8 Å². The zero-order valence-corrected chi connectivity index (χ0v) is 29.7. The zero-order chi connectivity index (χ0) is 33.4. The Bertz CT molecular complexity index is 1760. The lowest BCUT2D eigenvalue weighted by Gasteiger charge is -2.34. The summed E-state index contributed by atoms with van der Waals surface area (Å²) in [6.07, 6.45) is 0.899. The number of carbonyl (C=O) groups excluding carboxylic acids is 2. The summed E-state index contributed by atoms with van der Waals surface area (Å²) in [7, 11) is -4.19. The zero-order valence-electron chi connectivity index (χ0n) is 25.8. The van der Waals surface area contributed by atoms with Crippen molar-refractivity contribution in [3.05, 3.63) is 128 Å². The summed E-state index contributed by atoms with van der Waals surface area (Å²) in [5.74, 6) is -0.909. The molecule has 0 radical (unpaired) electrons. The molecule has 0 aliphatic rings. The molecule has 4 aromatic carbocycles. The minimum atomic E-state index is -4.19. The van der Waals surface area contributed by atoms with E-state index in [4.69, 9.17) is 23.2 Å². The summed E-state index contributed by atoms with van der Waals surface area (Å²) in [6.45, 7) is 5.15. The van der Waals surface area contributed by atoms with Crippen LogP contribution in [0.4, 0.5) is 5.69 Å². The number of amides is 2. The van der Waals surface area contributed by atoms with Gasteiger partial charge in [-0.1, -0.05) is 100 Å². The molecule has 0 aliphatic heterocycles. The Kier molecular flexibility index (Phi) is 12.3. The number of hydrogen-bond donors (Lipinski definition) is 1. The van der Waals surface area contributed by atoms with Gasteiger partial charge in [-0.3, -0.25) is 13.9 Å². The van der Waals surface area contributed by atoms with E-state index in [1.807, 2.05) is 51.1 Å². The molecule has 0 aliphatic carbocycles. The van der Waals surface area contributed by atoms with Crippen LogP contribution in [0.5, 0.6) is 0 Å². The van der Waals surface area contributed by atoms with Crippen LogP contribution < -0.4 is 9.62 Å². The van der Waals surface area contributed by atoms with Gasteiger partial charge in [0.1, 0.15) is 12.6 Å². The van der Waals surface area contributed by atoms with Crippen molar-refractivity contribution in [2.45, 2.75) is 57.1 Å². The molecule has 0 fully saturated rings. The third-order valence-electron chi connectivity index (χ3n) is 7.61. The van der Waals surface area contributed by atoms with Crippen LogP contribution in [0.3, 0.4) is 0 Å². The van der Waals surface area contributed by atoms with E-state index in [1.165, 1.54) is 17.0 Å². The van der Waals surface area contributed by atoms with Crippen molar-refractivity contribution in [2.75, 3.05) is 10.8 Å². The quantitative estimate of drug-likeness (QED) is 0.151. The highest BCUT2D eigenvalue weighted by Gasteiger charge is 2.35. The van der Waals surface area contributed by atoms with Gasteiger partial charge in [-0.15, -0.1) is 0 Å². The van der Waals surface area contributed by atoms with Crippen LogP contribution in [0.25, 0.3) is 0 Å². The van der Waals surface area contributed by atoms with Gasteiger partial charge in [0.05, 0.1) is 20.6 Å². The highest BCUT2D eigenvalue weighted by Crippen LogP contribution is 2.28. The van der Waals surface area contributed by atoms with Gasteiger partial charge in [-0.2, -0.15) is 0 Å². The van der Waals surface area contributed by atoms with Crippen LogP contribution in [0.1, 0.15) is 37.0 Å². The van der Waals surface area contributed by atoms with Crippen molar-refractivity contribution in [3.63, 3.8) is 0 Å². The van der Waals surface area contributed by atoms with Crippen molar-refractivity contribution in [1.29, 1.82) is 0 Å². The molecule has 0 saturated heterocycles. The Morgan fingerprint density at radius 2 is 1.52 bits per heavy atom. The van der Waals surface area contributed by atoms with Crippen LogP contribution >= 0.6 is 39.1 Å². The van der Waals surface area contributed by atoms with Gasteiger partial charge in [0.25, 0.3) is 10.0 Å². The molecule has 1 N–H and O–H groups in total. The van der Waals surface area contributed by atoms with Crippen molar-refractivity contribution >= 4 is 66.7 Å². The number of hydrogen-bond acceptors (Lipinski definition) is 4. The molecule has 2 atom stereocenters. The van der Waals surface area contributed by atoms with Crippen molar-refractivity contribution in [1.82, 2.24) is 10.2 Å². The minimum absolute atomic E-state index is 0.0140. The van der Waals surface area contributed by atoms with Crippen LogP contribution in [0.2, 0.25) is 10.0 Å². The first-order chi connectivity index (χ1) is 21.9. The summed E-state index contributed by atoms with van der Waals surface area (Å²) in [5, 5.41) is 3.68. The van der Waals surface area contributed by atoms with Gasteiger partial charge in [0, 0.05) is 23.5 Å². The molecule has 46 heavy (non-hydrogen) atoms. The Hall–Kier alpha value is -3.37. The second-order valence-corrected chi connectivity index (χ2v) is 14.7. The lowest BCUT2D eigenvalue weighted by Crippen LogP contribution is -2.54. The molecule has 4 rings (SSSR count). The lowest BCUT2D eigenvalue weighted by molar-refractivity contribution is -0.140. The van der Waals surface area contributed by atoms with Crippen LogP contribution in [-0.4, -0.2) is 43.8 Å². The molecule has 0 aromatic heterocycles. The fourth-order valence-corrected chi connectivity index (χ4v) is 6.80. The number of anilines is 1. The van der Waals surface area contributed by atoms with Crippen molar-refractivity contribution in [3.8, 4) is 0 Å². The fourth-order valence-electron chi connectivity index (χ4n) is 4.80. The van der Waals surface area contributed by atoms with E-state index in [2.05, 4.69) is 21.2 Å². The maximum Gasteiger partial charge on any atom is 0.264 e. The number of nitrogens with one attached hydrogen (secondary N) is 1. The second kappa shape index (κ2) is 16.0. The predicted molar refractivity (Wildman–Crippen MR) is 189 cm³/mol. The molecule has 242 valence electrons. The average molecular weight is 746 g/mol. The van der Waals surface area contributed by atoms with Crippen molar-refractivity contribution < 1.29 is 18.0 Å². The van der Waals surface area contributed by atoms with E-state index < -0.39 is 28.5 Å². The molecule has 7 nitrogen and oxygen atoms in total. The molecule has 0 spiro atoms. The Morgan fingerprint density at radius 3 is 2.13 bits per heavy atom. The van der Waals surface area contributed by atoms with E-state index in [9.17, 15) is 18.0 Å². The topological polar surface area (TPSA) is 86.8 Å². The summed E-state index contributed by atoms with van der Waals surface area (Å²) in [4.78, 5) is 29.9. The maximum absolute atomic E-state index is 14.5. The summed E-state index contributed by atoms with van der Waals surface area (Å²) >= 11 is 15.9. The third-order valence-corrected chi connectivity index (χ3v) is 10.7. The average Bonchev–Trinajstić information content (AvgIpc) is 3.04. The van der Waals surface area contributed by atoms with E-state index in [1.54, 1.807) is 54.6 Å². The number of rotatable bonds is 13. The van der Waals surface area contributed by atoms with E-state index in [0.717, 1.165) is 19.9 Å². The van der Waals surface area contributed by atoms with Crippen LogP contribution in [-0.2, 0) is 32.6 Å². The number of nitrogens with zero attached hydrogens (tertiary/aromatic N) is 2. The smallest absolute Gasteiger partial charge is 0.264 e. The Morgan fingerprint density at radius 1 is 0.870 bits per heavy atom. The molecule has 11 heteroatoms. The Balaban J connectivity index is 1.82. The fraction of sp³-hybridized carbons (Fsp3) is 0.257. The van der Waals surface area contributed by atoms with Gasteiger partial charge in [-0.25, -0.2) is 8.42 Å². The van der Waals surface area contributed by atoms with E-state index in [-0.39, 0.29) is 29.8 Å². The van der Waals surface area contributed by atoms with Crippen LogP contribution in [0, 0.1) is 6.92 Å². The molecule has 0 unspecified atom stereocenters. The number of halogens is 3. The first kappa shape index (κ1) is 35.5. The first-order valence-corrected chi connectivity index (χ1v) is 17.8. The second-order valence-electron chi connectivity index (χ2n) is 11.1. The van der Waals surface area contributed by atoms with E-state index in [0.29, 0.717) is 27.7 Å². The van der Waals surface area contributed by atoms with Gasteiger partial charge >= 0.3 is 0 Å².